The van der Waals surface area contributed by atoms with Gasteiger partial charge in [-0.25, -0.2) is 4.39 Å². The number of carbonyl (C=O) groups excluding carboxylic acids is 7. The van der Waals surface area contributed by atoms with Crippen LogP contribution in [0.25, 0.3) is 0 Å². The van der Waals surface area contributed by atoms with Crippen molar-refractivity contribution in [2.75, 3.05) is 24.7 Å². The zero-order chi connectivity index (χ0) is 57.0. The van der Waals surface area contributed by atoms with E-state index in [2.05, 4.69) is 25.7 Å². The number of nitrogens with two attached hydrogens (primary N) is 1. The smallest absolute Gasteiger partial charge is 0.159 e. The lowest BCUT2D eigenvalue weighted by Gasteiger charge is -2.16. The van der Waals surface area contributed by atoms with Gasteiger partial charge in [-0.05, 0) is 140 Å². The second-order valence-electron chi connectivity index (χ2n) is 18.2. The van der Waals surface area contributed by atoms with Crippen LogP contribution < -0.4 is 15.8 Å². The first kappa shape index (κ1) is 65.1. The van der Waals surface area contributed by atoms with Gasteiger partial charge in [0.05, 0.1) is 8.07 Å². The number of Topliss-reactive ketones (excluding diaryl/α,β-unsaturated/α-hetero) is 7. The molecular weight excluding hydrogens is 983 g/mol. The van der Waals surface area contributed by atoms with Crippen molar-refractivity contribution in [3.8, 4) is 5.75 Å². The maximum absolute atomic E-state index is 12.2. The average Bonchev–Trinajstić information content (AvgIpc) is 3.35. The molecule has 7 rings (SSSR count). The highest BCUT2D eigenvalue weighted by molar-refractivity contribution is 6.88. The molecule has 7 aromatic carbocycles. The van der Waals surface area contributed by atoms with Crippen LogP contribution in [0.15, 0.2) is 170 Å². The van der Waals surface area contributed by atoms with Crippen molar-refractivity contribution in [3.05, 3.63) is 225 Å². The van der Waals surface area contributed by atoms with Crippen LogP contribution in [-0.2, 0) is 0 Å². The second-order valence-corrected chi connectivity index (χ2v) is 23.7. The molecule has 394 valence electrons. The molecular formula is C62H70ClFN2O8Si. The van der Waals surface area contributed by atoms with Crippen molar-refractivity contribution >= 4 is 76.7 Å². The minimum absolute atomic E-state index is 0.0316. The Bertz CT molecular complexity index is 2800. The monoisotopic (exact) mass is 1050 g/mol. The Morgan fingerprint density at radius 2 is 0.800 bits per heavy atom. The lowest BCUT2D eigenvalue weighted by Crippen LogP contribution is -2.37. The van der Waals surface area contributed by atoms with Crippen LogP contribution in [0.2, 0.25) is 24.7 Å². The van der Waals surface area contributed by atoms with Gasteiger partial charge in [0, 0.05) is 69.4 Å². The summed E-state index contributed by atoms with van der Waals surface area (Å²) in [5, 5.41) is 10.9. The van der Waals surface area contributed by atoms with Crippen molar-refractivity contribution in [3.63, 3.8) is 0 Å². The number of carbonyl (C=O) groups is 7. The number of aryl methyl sites for hydroxylation is 1. The molecule has 0 aliphatic rings. The number of anilines is 2. The van der Waals surface area contributed by atoms with Gasteiger partial charge < -0.3 is 15.7 Å². The molecule has 0 aliphatic heterocycles. The number of nitrogen functional groups attached to an aromatic ring is 1. The minimum Gasteiger partial charge on any atom is -0.508 e. The minimum atomic E-state index is -1.26. The van der Waals surface area contributed by atoms with Crippen LogP contribution in [0.1, 0.15) is 127 Å². The standard InChI is InChI=1S/C11H16OSi.C10H13NO.C9H10O.C8H7ClO.C8H7FO.C8H9NO.C8H8O2/c1-9(12)10-6-5-7-11(8-10)13(2,3)4;1-8(12)9-5-4-6-10(7-9)11(2)3;1-7-3-5-9(6-4-7)8(2)10;2*1-6(10)7-2-4-8(9)5-3-7;1-6(10)7-3-2-4-8(9)5-7;1-6(9)7-3-2-4-8(10)5-7/h5-8H,1-4H3;4-7H,1-3H3;3-6H,1-2H3;2*2-5H,1H3;2-5H,9H2,1H3;2-5,10H,1H3. The van der Waals surface area contributed by atoms with E-state index in [0.29, 0.717) is 33.0 Å². The van der Waals surface area contributed by atoms with E-state index >= 15 is 0 Å². The van der Waals surface area contributed by atoms with Gasteiger partial charge in [0.25, 0.3) is 0 Å². The Morgan fingerprint density at radius 1 is 0.453 bits per heavy atom. The summed E-state index contributed by atoms with van der Waals surface area (Å²) in [4.78, 5) is 77.7. The third-order valence-electron chi connectivity index (χ3n) is 10.4. The van der Waals surface area contributed by atoms with E-state index < -0.39 is 8.07 Å². The summed E-state index contributed by atoms with van der Waals surface area (Å²) < 4.78 is 12.2. The number of rotatable bonds is 9. The fourth-order valence-electron chi connectivity index (χ4n) is 5.85. The fraction of sp³-hybridized carbons (Fsp3) is 0.210. The zero-order valence-electron chi connectivity index (χ0n) is 45.3. The Kier molecular flexibility index (Phi) is 28.6. The van der Waals surface area contributed by atoms with Gasteiger partial charge in [-0.15, -0.1) is 0 Å². The number of hydrogen-bond donors (Lipinski definition) is 2. The van der Waals surface area contributed by atoms with E-state index in [0.717, 1.165) is 22.4 Å². The van der Waals surface area contributed by atoms with E-state index in [-0.39, 0.29) is 52.0 Å². The normalized spacial score (nSPS) is 9.75. The summed E-state index contributed by atoms with van der Waals surface area (Å²) in [6.45, 7) is 19.6. The number of nitrogens with zero attached hydrogens (tertiary/aromatic N) is 1. The lowest BCUT2D eigenvalue weighted by molar-refractivity contribution is 0.100. The SMILES string of the molecule is CC(=O)c1ccc(C)cc1.CC(=O)c1ccc(Cl)cc1.CC(=O)c1ccc(F)cc1.CC(=O)c1cccc(N(C)C)c1.CC(=O)c1cccc(N)c1.CC(=O)c1cccc(O)c1.CC(=O)c1cccc([Si](C)(C)C)c1. The third kappa shape index (κ3) is 27.1. The number of ketones is 7. The van der Waals surface area contributed by atoms with E-state index in [1.807, 2.05) is 92.6 Å². The van der Waals surface area contributed by atoms with Crippen molar-refractivity contribution in [1.29, 1.82) is 0 Å². The molecule has 0 fully saturated rings. The summed E-state index contributed by atoms with van der Waals surface area (Å²) in [6.07, 6.45) is 0. The fourth-order valence-corrected chi connectivity index (χ4v) is 7.16. The Balaban J connectivity index is 0.000000439. The quantitative estimate of drug-likeness (QED) is 0.0806. The first-order valence-corrected chi connectivity index (χ1v) is 27.6. The summed E-state index contributed by atoms with van der Waals surface area (Å²) in [7, 11) is 2.65. The highest BCUT2D eigenvalue weighted by atomic mass is 35.5. The molecule has 0 aromatic heterocycles. The van der Waals surface area contributed by atoms with Crippen LogP contribution in [-0.4, -0.2) is 67.8 Å². The maximum Gasteiger partial charge on any atom is 0.159 e. The maximum atomic E-state index is 12.2. The molecule has 10 nitrogen and oxygen atoms in total. The largest absolute Gasteiger partial charge is 0.508 e. The van der Waals surface area contributed by atoms with E-state index in [4.69, 9.17) is 22.4 Å². The highest BCUT2D eigenvalue weighted by Gasteiger charge is 2.16. The van der Waals surface area contributed by atoms with Gasteiger partial charge >= 0.3 is 0 Å². The molecule has 0 amide bonds. The number of halogens is 2. The van der Waals surface area contributed by atoms with Gasteiger partial charge in [-0.3, -0.25) is 33.6 Å². The number of phenols is 1. The van der Waals surface area contributed by atoms with Gasteiger partial charge in [0.15, 0.2) is 40.5 Å². The molecule has 0 heterocycles. The first-order chi connectivity index (χ1) is 35.0. The van der Waals surface area contributed by atoms with Gasteiger partial charge in [0.1, 0.15) is 11.6 Å². The molecule has 0 unspecified atom stereocenters. The number of aromatic hydroxyl groups is 1. The highest BCUT2D eigenvalue weighted by Crippen LogP contribution is 2.14. The summed E-state index contributed by atoms with van der Waals surface area (Å²) in [5.41, 5.74) is 13.2. The second kappa shape index (κ2) is 33.0. The van der Waals surface area contributed by atoms with Crippen LogP contribution in [0.5, 0.6) is 5.75 Å². The topological polar surface area (TPSA) is 169 Å². The van der Waals surface area contributed by atoms with E-state index in [1.54, 1.807) is 81.4 Å². The molecule has 0 saturated heterocycles. The first-order valence-electron chi connectivity index (χ1n) is 23.7. The van der Waals surface area contributed by atoms with Crippen molar-refractivity contribution in [2.45, 2.75) is 75.0 Å². The van der Waals surface area contributed by atoms with Gasteiger partial charge in [-0.1, -0.05) is 127 Å². The predicted molar refractivity (Wildman–Crippen MR) is 308 cm³/mol. The number of hydrogen-bond acceptors (Lipinski definition) is 10. The molecule has 13 heteroatoms. The Labute approximate surface area is 448 Å². The van der Waals surface area contributed by atoms with Crippen LogP contribution in [0.4, 0.5) is 15.8 Å². The Morgan fingerprint density at radius 3 is 1.16 bits per heavy atom. The summed E-state index contributed by atoms with van der Waals surface area (Å²) in [5.74, 6) is 0.247. The van der Waals surface area contributed by atoms with Gasteiger partial charge in [-0.2, -0.15) is 0 Å². The molecule has 75 heavy (non-hydrogen) atoms. The molecule has 7 aromatic rings. The zero-order valence-corrected chi connectivity index (χ0v) is 47.0. The molecule has 0 spiro atoms. The van der Waals surface area contributed by atoms with Crippen molar-refractivity contribution in [2.24, 2.45) is 0 Å². The average molecular weight is 1050 g/mol. The number of phenolic OH excluding ortho intramolecular Hbond substituents is 1. The van der Waals surface area contributed by atoms with Crippen LogP contribution in [0.3, 0.4) is 0 Å². The van der Waals surface area contributed by atoms with Gasteiger partial charge in [0.2, 0.25) is 0 Å². The van der Waals surface area contributed by atoms with Crippen LogP contribution >= 0.6 is 11.6 Å². The third-order valence-corrected chi connectivity index (χ3v) is 12.7. The predicted octanol–water partition coefficient (Wildman–Crippen LogP) is 14.2. The molecule has 3 N–H and O–H groups in total. The van der Waals surface area contributed by atoms with E-state index in [9.17, 15) is 38.0 Å². The van der Waals surface area contributed by atoms with Crippen molar-refractivity contribution in [1.82, 2.24) is 0 Å². The Hall–Kier alpha value is -7.93. The van der Waals surface area contributed by atoms with Crippen LogP contribution in [0, 0.1) is 12.7 Å². The molecule has 0 saturated carbocycles. The molecule has 0 aliphatic carbocycles. The van der Waals surface area contributed by atoms with E-state index in [1.165, 1.54) is 74.8 Å². The molecule has 0 bridgehead atoms. The van der Waals surface area contributed by atoms with Crippen molar-refractivity contribution < 1.29 is 43.1 Å². The molecule has 0 radical (unpaired) electrons. The summed E-state index contributed by atoms with van der Waals surface area (Å²) in [6, 6.07) is 48.7. The number of benzene rings is 7. The molecule has 0 atom stereocenters. The lowest BCUT2D eigenvalue weighted by atomic mass is 10.1. The summed E-state index contributed by atoms with van der Waals surface area (Å²) >= 11 is 5.61.